The Hall–Kier alpha value is -5.86. The predicted octanol–water partition coefficient (Wildman–Crippen LogP) is 8.21. The number of likely N-dealkylation sites (tertiary alicyclic amines) is 1. The number of allylic oxidation sites excluding steroid dienone is 1. The largest absolute Gasteiger partial charge is 0.492 e. The molecule has 0 unspecified atom stereocenters. The number of benzene rings is 4. The number of hydrogen-bond acceptors (Lipinski definition) is 9. The van der Waals surface area contributed by atoms with Crippen LogP contribution in [-0.4, -0.2) is 118 Å². The molecule has 2 aliphatic rings. The number of carbonyl (C=O) groups is 4. The van der Waals surface area contributed by atoms with Crippen LogP contribution in [0.1, 0.15) is 80.8 Å². The van der Waals surface area contributed by atoms with E-state index in [4.69, 9.17) is 16.3 Å². The highest BCUT2D eigenvalue weighted by atomic mass is 35.5. The number of aromatic nitrogens is 1. The van der Waals surface area contributed by atoms with Crippen molar-refractivity contribution in [1.29, 1.82) is 0 Å². The maximum Gasteiger partial charge on any atom is 0.246 e. The van der Waals surface area contributed by atoms with Gasteiger partial charge in [-0.15, -0.1) is 22.9 Å². The molecule has 4 amide bonds. The molecule has 7 rings (SSSR count). The van der Waals surface area contributed by atoms with E-state index in [-0.39, 0.29) is 50.1 Å². The number of carbonyl (C=O) groups excluding carboxylic acids is 4. The SMILES string of the molecule is Cc1ncsc1-c1ccc(CNC(=O)[C@@H]2C[C@@H](O)CN2C(=O)[C@@H](NC(=O)CCCC(=O)N2CCN(CCOc3ccc(/C(=C(/CCCl)c4ccccc4)c4ccccc4)cc3)CC2)C(C)(C)C)cc1. The molecule has 2 saturated heterocycles. The first-order valence-electron chi connectivity index (χ1n) is 24.0. The molecule has 0 saturated carbocycles. The number of aliphatic hydroxyl groups is 1. The molecular formula is C55H65ClN6O6S. The van der Waals surface area contributed by atoms with E-state index >= 15 is 0 Å². The third-order valence-corrected chi connectivity index (χ3v) is 14.0. The average molecular weight is 974 g/mol. The summed E-state index contributed by atoms with van der Waals surface area (Å²) < 4.78 is 6.19. The third-order valence-electron chi connectivity index (χ3n) is 12.9. The van der Waals surface area contributed by atoms with Gasteiger partial charge in [0, 0.05) is 71.0 Å². The number of alkyl halides is 1. The lowest BCUT2D eigenvalue weighted by molar-refractivity contribution is -0.144. The zero-order valence-corrected chi connectivity index (χ0v) is 41.7. The zero-order chi connectivity index (χ0) is 48.9. The first-order chi connectivity index (χ1) is 33.3. The van der Waals surface area contributed by atoms with Gasteiger partial charge in [-0.25, -0.2) is 4.98 Å². The van der Waals surface area contributed by atoms with Crippen molar-refractivity contribution >= 4 is 57.7 Å². The van der Waals surface area contributed by atoms with Gasteiger partial charge < -0.3 is 30.3 Å². The summed E-state index contributed by atoms with van der Waals surface area (Å²) in [6.07, 6.45) is 0.594. The molecule has 0 spiro atoms. The highest BCUT2D eigenvalue weighted by molar-refractivity contribution is 7.13. The minimum absolute atomic E-state index is 0.00149. The second-order valence-electron chi connectivity index (χ2n) is 18.9. The van der Waals surface area contributed by atoms with Gasteiger partial charge in [0.05, 0.1) is 22.2 Å². The number of piperazine rings is 1. The fourth-order valence-electron chi connectivity index (χ4n) is 9.07. The molecule has 1 aromatic heterocycles. The first-order valence-corrected chi connectivity index (χ1v) is 25.4. The second kappa shape index (κ2) is 24.1. The lowest BCUT2D eigenvalue weighted by atomic mass is 9.85. The van der Waals surface area contributed by atoms with Gasteiger partial charge in [0.15, 0.2) is 0 Å². The topological polar surface area (TPSA) is 144 Å². The number of nitrogens with zero attached hydrogens (tertiary/aromatic N) is 4. The zero-order valence-electron chi connectivity index (χ0n) is 40.2. The van der Waals surface area contributed by atoms with Crippen molar-refractivity contribution in [2.24, 2.45) is 5.41 Å². The summed E-state index contributed by atoms with van der Waals surface area (Å²) in [4.78, 5) is 65.1. The van der Waals surface area contributed by atoms with Gasteiger partial charge in [-0.3, -0.25) is 24.1 Å². The van der Waals surface area contributed by atoms with Crippen LogP contribution in [0.3, 0.4) is 0 Å². The van der Waals surface area contributed by atoms with Crippen molar-refractivity contribution in [3.63, 3.8) is 0 Å². The van der Waals surface area contributed by atoms with E-state index in [1.54, 1.807) is 11.3 Å². The van der Waals surface area contributed by atoms with Crippen molar-refractivity contribution in [1.82, 2.24) is 30.3 Å². The number of thiazole rings is 1. The van der Waals surface area contributed by atoms with Crippen LogP contribution in [0.15, 0.2) is 115 Å². The van der Waals surface area contributed by atoms with Gasteiger partial charge in [0.2, 0.25) is 23.6 Å². The molecule has 3 N–H and O–H groups in total. The number of aliphatic hydroxyl groups excluding tert-OH is 1. The Kier molecular flexibility index (Phi) is 17.8. The molecule has 5 aromatic rings. The molecule has 0 radical (unpaired) electrons. The molecule has 2 fully saturated rings. The smallest absolute Gasteiger partial charge is 0.246 e. The summed E-state index contributed by atoms with van der Waals surface area (Å²) in [7, 11) is 0. The normalized spacial score (nSPS) is 17.2. The molecule has 12 nitrogen and oxygen atoms in total. The number of β-amino-alcohol motifs (C(OH)–C–C–N with tert-alkyl or cyclic N) is 1. The fraction of sp³-hybridized carbons (Fsp3) is 0.400. The molecule has 2 aliphatic heterocycles. The van der Waals surface area contributed by atoms with Gasteiger partial charge in [-0.05, 0) is 76.3 Å². The Morgan fingerprint density at radius 2 is 1.49 bits per heavy atom. The maximum absolute atomic E-state index is 14.1. The van der Waals surface area contributed by atoms with Crippen LogP contribution in [0.5, 0.6) is 5.75 Å². The summed E-state index contributed by atoms with van der Waals surface area (Å²) in [5.41, 5.74) is 9.77. The molecule has 3 atom stereocenters. The average Bonchev–Trinajstić information content (AvgIpc) is 3.98. The molecule has 4 aromatic carbocycles. The van der Waals surface area contributed by atoms with Crippen molar-refractivity contribution in [3.05, 3.63) is 143 Å². The predicted molar refractivity (Wildman–Crippen MR) is 275 cm³/mol. The Balaban J connectivity index is 0.835. The van der Waals surface area contributed by atoms with Crippen molar-refractivity contribution in [2.75, 3.05) is 51.8 Å². The Labute approximate surface area is 415 Å². The summed E-state index contributed by atoms with van der Waals surface area (Å²) in [5.74, 6) is 0.175. The minimum Gasteiger partial charge on any atom is -0.492 e. The minimum atomic E-state index is -0.940. The van der Waals surface area contributed by atoms with Crippen LogP contribution >= 0.6 is 22.9 Å². The quantitative estimate of drug-likeness (QED) is 0.0555. The fourth-order valence-corrected chi connectivity index (χ4v) is 10.1. The van der Waals surface area contributed by atoms with Crippen LogP contribution in [0.2, 0.25) is 0 Å². The van der Waals surface area contributed by atoms with Crippen LogP contribution in [-0.2, 0) is 25.7 Å². The Morgan fingerprint density at radius 1 is 0.841 bits per heavy atom. The van der Waals surface area contributed by atoms with Crippen molar-refractivity contribution < 1.29 is 29.0 Å². The third kappa shape index (κ3) is 13.7. The lowest BCUT2D eigenvalue weighted by Crippen LogP contribution is -2.57. The van der Waals surface area contributed by atoms with E-state index < -0.39 is 29.5 Å². The number of rotatable bonds is 19. The number of hydrogen-bond donors (Lipinski definition) is 3. The highest BCUT2D eigenvalue weighted by Crippen LogP contribution is 2.36. The number of halogens is 1. The van der Waals surface area contributed by atoms with E-state index in [1.807, 2.05) is 86.6 Å². The van der Waals surface area contributed by atoms with E-state index in [0.717, 1.165) is 75.8 Å². The number of ether oxygens (including phenoxy) is 1. The van der Waals surface area contributed by atoms with E-state index in [2.05, 4.69) is 81.2 Å². The second-order valence-corrected chi connectivity index (χ2v) is 20.2. The van der Waals surface area contributed by atoms with E-state index in [9.17, 15) is 24.3 Å². The van der Waals surface area contributed by atoms with Gasteiger partial charge in [0.1, 0.15) is 24.4 Å². The molecular weight excluding hydrogens is 908 g/mol. The first kappa shape index (κ1) is 51.0. The standard InChI is InChI=1S/C55H65ClN6O6S/c1-38-51(69-37-58-38)43-20-18-39(19-21-43)35-57-53(66)47-34-44(63)36-62(47)54(67)52(55(2,3)4)59-48(64)16-11-17-49(65)61-30-28-60(29-31-61)32-33-68-45-24-22-42(23-25-45)50(41-14-9-6-10-15-41)46(26-27-56)40-12-7-5-8-13-40/h5-10,12-15,18-25,37,44,47,52,63H,11,16-17,26-36H2,1-4H3,(H,57,66)(H,59,64)/b50-46-/t44-,47+,52-/m1/s1. The molecule has 14 heteroatoms. The Bertz CT molecular complexity index is 2520. The van der Waals surface area contributed by atoms with Gasteiger partial charge in [0.25, 0.3) is 0 Å². The lowest BCUT2D eigenvalue weighted by Gasteiger charge is -2.35. The van der Waals surface area contributed by atoms with Gasteiger partial charge in [-0.1, -0.05) is 118 Å². The van der Waals surface area contributed by atoms with Crippen molar-refractivity contribution in [3.8, 4) is 16.2 Å². The van der Waals surface area contributed by atoms with Crippen LogP contribution < -0.4 is 15.4 Å². The monoisotopic (exact) mass is 972 g/mol. The Morgan fingerprint density at radius 3 is 2.12 bits per heavy atom. The highest BCUT2D eigenvalue weighted by Gasteiger charge is 2.44. The summed E-state index contributed by atoms with van der Waals surface area (Å²) in [6, 6.07) is 35.1. The molecule has 69 heavy (non-hydrogen) atoms. The van der Waals surface area contributed by atoms with Crippen LogP contribution in [0, 0.1) is 12.3 Å². The molecule has 0 aliphatic carbocycles. The van der Waals surface area contributed by atoms with Crippen LogP contribution in [0.4, 0.5) is 0 Å². The number of amides is 4. The maximum atomic E-state index is 14.1. The van der Waals surface area contributed by atoms with E-state index in [1.165, 1.54) is 10.5 Å². The summed E-state index contributed by atoms with van der Waals surface area (Å²) in [5, 5.41) is 16.5. The van der Waals surface area contributed by atoms with E-state index in [0.29, 0.717) is 32.0 Å². The number of aryl methyl sites for hydroxylation is 1. The summed E-state index contributed by atoms with van der Waals surface area (Å²) >= 11 is 7.92. The van der Waals surface area contributed by atoms with Crippen molar-refractivity contribution in [2.45, 2.75) is 84.5 Å². The molecule has 0 bridgehead atoms. The molecule has 364 valence electrons. The van der Waals surface area contributed by atoms with Crippen LogP contribution in [0.25, 0.3) is 21.6 Å². The molecule has 3 heterocycles. The van der Waals surface area contributed by atoms with Gasteiger partial charge >= 0.3 is 0 Å². The number of nitrogens with one attached hydrogen (secondary N) is 2. The summed E-state index contributed by atoms with van der Waals surface area (Å²) in [6.45, 7) is 11.7. The van der Waals surface area contributed by atoms with Gasteiger partial charge in [-0.2, -0.15) is 0 Å².